The predicted molar refractivity (Wildman–Crippen MR) is 90.0 cm³/mol. The normalized spacial score (nSPS) is 25.0. The summed E-state index contributed by atoms with van der Waals surface area (Å²) in [6.07, 6.45) is 9.08. The summed E-state index contributed by atoms with van der Waals surface area (Å²) in [6, 6.07) is 11.3. The van der Waals surface area contributed by atoms with Crippen molar-refractivity contribution in [2.45, 2.75) is 61.5 Å². The second kappa shape index (κ2) is 7.66. The summed E-state index contributed by atoms with van der Waals surface area (Å²) in [5, 5.41) is 3.76. The van der Waals surface area contributed by atoms with Gasteiger partial charge >= 0.3 is 0 Å². The van der Waals surface area contributed by atoms with Crippen LogP contribution in [0, 0.1) is 0 Å². The Bertz CT molecular complexity index is 411. The maximum Gasteiger partial charge on any atom is 0.0697 e. The maximum atomic E-state index is 6.17. The van der Waals surface area contributed by atoms with Crippen molar-refractivity contribution in [2.24, 2.45) is 0 Å². The van der Waals surface area contributed by atoms with E-state index in [-0.39, 0.29) is 5.60 Å². The molecule has 1 unspecified atom stereocenters. The van der Waals surface area contributed by atoms with E-state index in [0.29, 0.717) is 6.04 Å². The second-order valence-corrected chi connectivity index (χ2v) is 7.57. The highest BCUT2D eigenvalue weighted by Gasteiger charge is 2.38. The molecule has 1 aliphatic heterocycles. The average molecular weight is 305 g/mol. The van der Waals surface area contributed by atoms with Gasteiger partial charge in [-0.15, -0.1) is 11.8 Å². The summed E-state index contributed by atoms with van der Waals surface area (Å²) in [7, 11) is 0. The summed E-state index contributed by atoms with van der Waals surface area (Å²) in [5.41, 5.74) is 0.223. The highest BCUT2D eigenvalue weighted by atomic mass is 32.2. The van der Waals surface area contributed by atoms with Gasteiger partial charge in [-0.2, -0.15) is 0 Å². The van der Waals surface area contributed by atoms with Crippen molar-refractivity contribution in [3.63, 3.8) is 0 Å². The highest BCUT2D eigenvalue weighted by molar-refractivity contribution is 7.99. The first-order chi connectivity index (χ1) is 10.4. The number of benzene rings is 1. The van der Waals surface area contributed by atoms with Gasteiger partial charge in [-0.05, 0) is 37.8 Å². The largest absolute Gasteiger partial charge is 0.375 e. The number of thioether (sulfide) groups is 1. The topological polar surface area (TPSA) is 21.3 Å². The van der Waals surface area contributed by atoms with Crippen molar-refractivity contribution >= 4 is 11.8 Å². The van der Waals surface area contributed by atoms with E-state index in [4.69, 9.17) is 4.74 Å². The molecule has 0 radical (unpaired) electrons. The molecule has 0 bridgehead atoms. The van der Waals surface area contributed by atoms with Crippen LogP contribution in [0.5, 0.6) is 0 Å². The van der Waals surface area contributed by atoms with Gasteiger partial charge in [0.15, 0.2) is 0 Å². The van der Waals surface area contributed by atoms with Gasteiger partial charge in [0.1, 0.15) is 0 Å². The zero-order valence-electron chi connectivity index (χ0n) is 12.9. The van der Waals surface area contributed by atoms with E-state index in [0.717, 1.165) is 18.9 Å². The van der Waals surface area contributed by atoms with Crippen LogP contribution in [0.3, 0.4) is 0 Å². The van der Waals surface area contributed by atoms with E-state index in [2.05, 4.69) is 35.6 Å². The van der Waals surface area contributed by atoms with Gasteiger partial charge in [0, 0.05) is 29.8 Å². The van der Waals surface area contributed by atoms with E-state index in [1.807, 2.05) is 11.8 Å². The SMILES string of the molecule is c1ccc(SCCNC2CCOC3(CCCCC3)C2)cc1. The minimum absolute atomic E-state index is 0.223. The summed E-state index contributed by atoms with van der Waals surface area (Å²) < 4.78 is 6.17. The summed E-state index contributed by atoms with van der Waals surface area (Å²) in [6.45, 7) is 2.05. The Morgan fingerprint density at radius 2 is 1.95 bits per heavy atom. The summed E-state index contributed by atoms with van der Waals surface area (Å²) >= 11 is 1.94. The number of rotatable bonds is 5. The molecule has 116 valence electrons. The van der Waals surface area contributed by atoms with Crippen molar-refractivity contribution in [3.8, 4) is 0 Å². The lowest BCUT2D eigenvalue weighted by Gasteiger charge is -2.43. The zero-order valence-corrected chi connectivity index (χ0v) is 13.7. The van der Waals surface area contributed by atoms with Crippen molar-refractivity contribution in [1.29, 1.82) is 0 Å². The standard InChI is InChI=1S/C18H27NOS/c1-3-7-17(8-4-1)21-14-12-19-16-9-13-20-18(15-16)10-5-2-6-11-18/h1,3-4,7-8,16,19H,2,5-6,9-15H2. The van der Waals surface area contributed by atoms with E-state index < -0.39 is 0 Å². The molecule has 0 amide bonds. The summed E-state index contributed by atoms with van der Waals surface area (Å²) in [5.74, 6) is 1.15. The Morgan fingerprint density at radius 3 is 2.76 bits per heavy atom. The Labute approximate surface area is 133 Å². The molecule has 2 aliphatic rings. The number of hydrogen-bond donors (Lipinski definition) is 1. The molecule has 2 fully saturated rings. The lowest BCUT2D eigenvalue weighted by atomic mass is 9.78. The Kier molecular flexibility index (Phi) is 5.61. The second-order valence-electron chi connectivity index (χ2n) is 6.40. The molecule has 1 spiro atoms. The van der Waals surface area contributed by atoms with Crippen LogP contribution in [0.25, 0.3) is 0 Å². The minimum Gasteiger partial charge on any atom is -0.375 e. The van der Waals surface area contributed by atoms with E-state index in [9.17, 15) is 0 Å². The fourth-order valence-corrected chi connectivity index (χ4v) is 4.50. The Balaban J connectivity index is 1.39. The third-order valence-corrected chi connectivity index (χ3v) is 5.82. The molecule has 1 saturated carbocycles. The molecule has 0 aromatic heterocycles. The molecule has 1 atom stereocenters. The van der Waals surface area contributed by atoms with Crippen LogP contribution in [0.15, 0.2) is 35.2 Å². The van der Waals surface area contributed by atoms with Crippen LogP contribution in [-0.2, 0) is 4.74 Å². The molecule has 1 aliphatic carbocycles. The average Bonchev–Trinajstić information content (AvgIpc) is 2.54. The van der Waals surface area contributed by atoms with E-state index in [1.54, 1.807) is 0 Å². The van der Waals surface area contributed by atoms with E-state index >= 15 is 0 Å². The van der Waals surface area contributed by atoms with Crippen LogP contribution in [0.2, 0.25) is 0 Å². The van der Waals surface area contributed by atoms with Crippen LogP contribution in [0.4, 0.5) is 0 Å². The number of nitrogens with one attached hydrogen (secondary N) is 1. The number of hydrogen-bond acceptors (Lipinski definition) is 3. The highest BCUT2D eigenvalue weighted by Crippen LogP contribution is 2.38. The van der Waals surface area contributed by atoms with Crippen molar-refractivity contribution in [3.05, 3.63) is 30.3 Å². The lowest BCUT2D eigenvalue weighted by molar-refractivity contribution is -0.108. The molecule has 2 nitrogen and oxygen atoms in total. The Hall–Kier alpha value is -0.510. The van der Waals surface area contributed by atoms with Gasteiger partial charge in [-0.1, -0.05) is 37.5 Å². The van der Waals surface area contributed by atoms with Gasteiger partial charge in [0.2, 0.25) is 0 Å². The first kappa shape index (κ1) is 15.4. The van der Waals surface area contributed by atoms with Crippen LogP contribution in [0.1, 0.15) is 44.9 Å². The number of ether oxygens (including phenoxy) is 1. The fourth-order valence-electron chi connectivity index (χ4n) is 3.70. The Morgan fingerprint density at radius 1 is 1.14 bits per heavy atom. The third kappa shape index (κ3) is 4.48. The molecular weight excluding hydrogens is 278 g/mol. The molecule has 1 heterocycles. The van der Waals surface area contributed by atoms with Gasteiger partial charge < -0.3 is 10.1 Å². The molecule has 1 aromatic carbocycles. The summed E-state index contributed by atoms with van der Waals surface area (Å²) in [4.78, 5) is 1.37. The van der Waals surface area contributed by atoms with Crippen molar-refractivity contribution in [1.82, 2.24) is 5.32 Å². The lowest BCUT2D eigenvalue weighted by Crippen LogP contribution is -2.48. The smallest absolute Gasteiger partial charge is 0.0697 e. The van der Waals surface area contributed by atoms with Crippen molar-refractivity contribution in [2.75, 3.05) is 18.9 Å². The third-order valence-electron chi connectivity index (χ3n) is 4.80. The van der Waals surface area contributed by atoms with Crippen LogP contribution >= 0.6 is 11.8 Å². The fraction of sp³-hybridized carbons (Fsp3) is 0.667. The minimum atomic E-state index is 0.223. The van der Waals surface area contributed by atoms with Gasteiger partial charge in [0.05, 0.1) is 5.60 Å². The molecule has 3 rings (SSSR count). The predicted octanol–water partition coefficient (Wildman–Crippen LogP) is 4.25. The molecule has 1 N–H and O–H groups in total. The molecule has 21 heavy (non-hydrogen) atoms. The maximum absolute atomic E-state index is 6.17. The van der Waals surface area contributed by atoms with Crippen LogP contribution < -0.4 is 5.32 Å². The van der Waals surface area contributed by atoms with Crippen LogP contribution in [-0.4, -0.2) is 30.5 Å². The van der Waals surface area contributed by atoms with Gasteiger partial charge in [-0.3, -0.25) is 0 Å². The van der Waals surface area contributed by atoms with Crippen molar-refractivity contribution < 1.29 is 4.74 Å². The van der Waals surface area contributed by atoms with Gasteiger partial charge in [0.25, 0.3) is 0 Å². The zero-order chi connectivity index (χ0) is 14.4. The van der Waals surface area contributed by atoms with Gasteiger partial charge in [-0.25, -0.2) is 0 Å². The molecule has 1 aromatic rings. The molecular formula is C18H27NOS. The first-order valence-corrected chi connectivity index (χ1v) is 9.40. The quantitative estimate of drug-likeness (QED) is 0.649. The first-order valence-electron chi connectivity index (χ1n) is 8.42. The molecule has 1 saturated heterocycles. The monoisotopic (exact) mass is 305 g/mol. The van der Waals surface area contributed by atoms with E-state index in [1.165, 1.54) is 49.8 Å². The molecule has 3 heteroatoms.